The van der Waals surface area contributed by atoms with Crippen molar-refractivity contribution >= 4 is 23.4 Å². The predicted molar refractivity (Wildman–Crippen MR) is 67.6 cm³/mol. The normalized spacial score (nSPS) is 10.2. The topological polar surface area (TPSA) is 122 Å². The molecule has 0 radical (unpaired) electrons. The monoisotopic (exact) mass is 279 g/mol. The molecule has 19 heavy (non-hydrogen) atoms. The molecule has 0 fully saturated rings. The average Bonchev–Trinajstić information content (AvgIpc) is 2.34. The average molecular weight is 280 g/mol. The van der Waals surface area contributed by atoms with Gasteiger partial charge in [-0.25, -0.2) is 9.37 Å². The first-order valence-corrected chi connectivity index (χ1v) is 5.33. The van der Waals surface area contributed by atoms with Gasteiger partial charge in [-0.2, -0.15) is 10.2 Å². The Morgan fingerprint density at radius 3 is 2.58 bits per heavy atom. The van der Waals surface area contributed by atoms with E-state index in [1.807, 2.05) is 6.07 Å². The molecule has 1 aromatic heterocycles. The number of phenolic OH excluding ortho intramolecular Hbond substituents is 1. The van der Waals surface area contributed by atoms with E-state index in [2.05, 4.69) is 9.97 Å². The summed E-state index contributed by atoms with van der Waals surface area (Å²) in [5, 5.41) is 18.1. The third kappa shape index (κ3) is 2.21. The molecule has 2 rings (SSSR count). The van der Waals surface area contributed by atoms with Crippen molar-refractivity contribution < 1.29 is 9.50 Å². The van der Waals surface area contributed by atoms with Crippen LogP contribution < -0.4 is 11.5 Å². The van der Waals surface area contributed by atoms with Crippen LogP contribution in [0, 0.1) is 17.1 Å². The molecule has 1 heterocycles. The largest absolute Gasteiger partial charge is 0.504 e. The first kappa shape index (κ1) is 12.9. The number of hydrogen-bond donors (Lipinski definition) is 3. The number of halogens is 2. The van der Waals surface area contributed by atoms with E-state index < -0.39 is 11.6 Å². The van der Waals surface area contributed by atoms with Gasteiger partial charge >= 0.3 is 0 Å². The maximum atomic E-state index is 13.4. The van der Waals surface area contributed by atoms with Crippen LogP contribution in [0.2, 0.25) is 5.02 Å². The summed E-state index contributed by atoms with van der Waals surface area (Å²) in [5.74, 6) is -1.90. The van der Waals surface area contributed by atoms with Crippen LogP contribution in [-0.4, -0.2) is 15.1 Å². The van der Waals surface area contributed by atoms with E-state index in [-0.39, 0.29) is 33.6 Å². The summed E-state index contributed by atoms with van der Waals surface area (Å²) in [6, 6.07) is 4.04. The van der Waals surface area contributed by atoms with E-state index in [1.54, 1.807) is 0 Å². The Balaban J connectivity index is 2.76. The molecule has 0 atom stereocenters. The highest BCUT2D eigenvalue weighted by molar-refractivity contribution is 6.32. The van der Waals surface area contributed by atoms with Crippen LogP contribution in [-0.2, 0) is 0 Å². The zero-order valence-corrected chi connectivity index (χ0v) is 10.1. The Morgan fingerprint density at radius 1 is 1.32 bits per heavy atom. The summed E-state index contributed by atoms with van der Waals surface area (Å²) in [6.45, 7) is 0. The molecular weight excluding hydrogens is 273 g/mol. The summed E-state index contributed by atoms with van der Waals surface area (Å²) in [7, 11) is 0. The zero-order chi connectivity index (χ0) is 14.2. The van der Waals surface area contributed by atoms with Crippen LogP contribution in [0.3, 0.4) is 0 Å². The number of phenols is 1. The summed E-state index contributed by atoms with van der Waals surface area (Å²) < 4.78 is 13.4. The van der Waals surface area contributed by atoms with Crippen molar-refractivity contribution in [3.05, 3.63) is 28.5 Å². The third-order valence-corrected chi connectivity index (χ3v) is 2.64. The van der Waals surface area contributed by atoms with Gasteiger partial charge in [-0.05, 0) is 12.1 Å². The number of aromatic hydroxyl groups is 1. The number of benzene rings is 1. The Bertz CT molecular complexity index is 690. The van der Waals surface area contributed by atoms with Crippen LogP contribution in [0.5, 0.6) is 5.75 Å². The highest BCUT2D eigenvalue weighted by atomic mass is 35.5. The van der Waals surface area contributed by atoms with Gasteiger partial charge in [-0.15, -0.1) is 0 Å². The molecule has 5 N–H and O–H groups in total. The highest BCUT2D eigenvalue weighted by Gasteiger charge is 2.16. The minimum absolute atomic E-state index is 0.0460. The molecule has 6 nitrogen and oxygen atoms in total. The molecule has 0 aliphatic carbocycles. The van der Waals surface area contributed by atoms with Crippen LogP contribution in [0.25, 0.3) is 11.3 Å². The first-order chi connectivity index (χ1) is 8.93. The van der Waals surface area contributed by atoms with Crippen LogP contribution in [0.4, 0.5) is 16.2 Å². The second-order valence-corrected chi connectivity index (χ2v) is 4.00. The SMILES string of the molecule is N#Cc1c(N)nc(N)nc1-c1cc(F)c(O)c(Cl)c1. The molecule has 2 aromatic rings. The van der Waals surface area contributed by atoms with Crippen molar-refractivity contribution in [1.29, 1.82) is 5.26 Å². The lowest BCUT2D eigenvalue weighted by Crippen LogP contribution is -2.05. The summed E-state index contributed by atoms with van der Waals surface area (Å²) in [5.41, 5.74) is 11.2. The quantitative estimate of drug-likeness (QED) is 0.730. The lowest BCUT2D eigenvalue weighted by Gasteiger charge is -2.08. The van der Waals surface area contributed by atoms with Gasteiger partial charge in [-0.1, -0.05) is 11.6 Å². The third-order valence-electron chi connectivity index (χ3n) is 2.36. The van der Waals surface area contributed by atoms with Gasteiger partial charge in [-0.3, -0.25) is 0 Å². The van der Waals surface area contributed by atoms with E-state index in [0.717, 1.165) is 6.07 Å². The van der Waals surface area contributed by atoms with Crippen molar-refractivity contribution in [3.63, 3.8) is 0 Å². The van der Waals surface area contributed by atoms with E-state index in [9.17, 15) is 9.50 Å². The smallest absolute Gasteiger partial charge is 0.222 e. The number of rotatable bonds is 1. The van der Waals surface area contributed by atoms with Gasteiger partial charge in [0.25, 0.3) is 0 Å². The second kappa shape index (κ2) is 4.59. The molecule has 8 heteroatoms. The zero-order valence-electron chi connectivity index (χ0n) is 9.35. The van der Waals surface area contributed by atoms with Crippen molar-refractivity contribution in [2.24, 2.45) is 0 Å². The Morgan fingerprint density at radius 2 is 2.00 bits per heavy atom. The maximum Gasteiger partial charge on any atom is 0.222 e. The molecule has 0 unspecified atom stereocenters. The molecule has 96 valence electrons. The molecular formula is C11H7ClFN5O. The molecule has 0 saturated carbocycles. The number of nitrogen functional groups attached to an aromatic ring is 2. The van der Waals surface area contributed by atoms with Crippen molar-refractivity contribution in [2.45, 2.75) is 0 Å². The van der Waals surface area contributed by atoms with Gasteiger partial charge in [0.2, 0.25) is 5.95 Å². The molecule has 0 saturated heterocycles. The minimum Gasteiger partial charge on any atom is -0.504 e. The molecule has 0 aliphatic rings. The number of hydrogen-bond acceptors (Lipinski definition) is 6. The van der Waals surface area contributed by atoms with E-state index >= 15 is 0 Å². The van der Waals surface area contributed by atoms with E-state index in [4.69, 9.17) is 28.3 Å². The maximum absolute atomic E-state index is 13.4. The number of aromatic nitrogens is 2. The Hall–Kier alpha value is -2.59. The standard InChI is InChI=1S/C11H7ClFN5O/c12-6-1-4(2-7(13)9(6)19)8-5(3-14)10(15)18-11(16)17-8/h1-2,19H,(H4,15,16,17,18). The van der Waals surface area contributed by atoms with E-state index in [0.29, 0.717) is 0 Å². The van der Waals surface area contributed by atoms with Gasteiger partial charge < -0.3 is 16.6 Å². The van der Waals surface area contributed by atoms with Crippen molar-refractivity contribution in [2.75, 3.05) is 11.5 Å². The summed E-state index contributed by atoms with van der Waals surface area (Å²) in [4.78, 5) is 7.48. The van der Waals surface area contributed by atoms with Gasteiger partial charge in [0, 0.05) is 5.56 Å². The minimum atomic E-state index is -0.942. The van der Waals surface area contributed by atoms with Crippen LogP contribution in [0.1, 0.15) is 5.56 Å². The van der Waals surface area contributed by atoms with Crippen molar-refractivity contribution in [1.82, 2.24) is 9.97 Å². The number of nitrogens with two attached hydrogens (primary N) is 2. The predicted octanol–water partition coefficient (Wildman–Crippen LogP) is 1.68. The van der Waals surface area contributed by atoms with E-state index in [1.165, 1.54) is 6.07 Å². The van der Waals surface area contributed by atoms with Gasteiger partial charge in [0.05, 0.1) is 10.7 Å². The Kier molecular flexibility index (Phi) is 3.10. The fraction of sp³-hybridized carbons (Fsp3) is 0. The first-order valence-electron chi connectivity index (χ1n) is 4.95. The van der Waals surface area contributed by atoms with Crippen molar-refractivity contribution in [3.8, 4) is 23.1 Å². The lowest BCUT2D eigenvalue weighted by molar-refractivity contribution is 0.433. The number of nitriles is 1. The fourth-order valence-corrected chi connectivity index (χ4v) is 1.73. The molecule has 1 aromatic carbocycles. The molecule has 0 spiro atoms. The number of anilines is 2. The number of nitrogens with zero attached hydrogens (tertiary/aromatic N) is 3. The Labute approximate surface area is 112 Å². The fourth-order valence-electron chi connectivity index (χ4n) is 1.52. The van der Waals surface area contributed by atoms with Crippen LogP contribution in [0.15, 0.2) is 12.1 Å². The van der Waals surface area contributed by atoms with Crippen LogP contribution >= 0.6 is 11.6 Å². The lowest BCUT2D eigenvalue weighted by atomic mass is 10.1. The summed E-state index contributed by atoms with van der Waals surface area (Å²) >= 11 is 5.67. The highest BCUT2D eigenvalue weighted by Crippen LogP contribution is 2.33. The molecule has 0 amide bonds. The summed E-state index contributed by atoms with van der Waals surface area (Å²) in [6.07, 6.45) is 0. The molecule has 0 aliphatic heterocycles. The molecule has 0 bridgehead atoms. The van der Waals surface area contributed by atoms with Gasteiger partial charge in [0.15, 0.2) is 11.6 Å². The second-order valence-electron chi connectivity index (χ2n) is 3.59. The van der Waals surface area contributed by atoms with Gasteiger partial charge in [0.1, 0.15) is 17.5 Å².